The van der Waals surface area contributed by atoms with Gasteiger partial charge in [0.2, 0.25) is 0 Å². The first-order chi connectivity index (χ1) is 11.2. The van der Waals surface area contributed by atoms with Crippen LogP contribution in [0.5, 0.6) is 0 Å². The zero-order valence-corrected chi connectivity index (χ0v) is 14.4. The number of rotatable bonds is 2. The van der Waals surface area contributed by atoms with Gasteiger partial charge in [-0.05, 0) is 42.4 Å². The molecule has 0 atom stereocenters. The Kier molecular flexibility index (Phi) is 3.91. The van der Waals surface area contributed by atoms with Gasteiger partial charge in [0.1, 0.15) is 22.2 Å². The van der Waals surface area contributed by atoms with Crippen LogP contribution in [0, 0.1) is 5.92 Å². The minimum atomic E-state index is 0.728. The van der Waals surface area contributed by atoms with Gasteiger partial charge in [-0.1, -0.05) is 30.7 Å². The van der Waals surface area contributed by atoms with Crippen LogP contribution in [0.1, 0.15) is 19.8 Å². The third-order valence-corrected chi connectivity index (χ3v) is 5.52. The van der Waals surface area contributed by atoms with Crippen molar-refractivity contribution in [3.8, 4) is 11.3 Å². The van der Waals surface area contributed by atoms with Crippen molar-refractivity contribution in [2.24, 2.45) is 5.92 Å². The summed E-state index contributed by atoms with van der Waals surface area (Å²) >= 11 is 7.46. The van der Waals surface area contributed by atoms with Gasteiger partial charge in [-0.15, -0.1) is 0 Å². The van der Waals surface area contributed by atoms with E-state index in [1.807, 2.05) is 24.3 Å². The average Bonchev–Trinajstić information content (AvgIpc) is 3.00. The van der Waals surface area contributed by atoms with Gasteiger partial charge >= 0.3 is 0 Å². The second-order valence-corrected chi connectivity index (χ2v) is 7.29. The molecular formula is C17H17ClN4S. The van der Waals surface area contributed by atoms with Crippen molar-refractivity contribution in [2.45, 2.75) is 19.8 Å². The Labute approximate surface area is 144 Å². The maximum absolute atomic E-state index is 5.98. The van der Waals surface area contributed by atoms with Crippen molar-refractivity contribution < 1.29 is 0 Å². The molecule has 1 aromatic carbocycles. The number of anilines is 1. The quantitative estimate of drug-likeness (QED) is 0.679. The standard InChI is InChI=1S/C17H17ClN4S/c1-11-6-8-22(9-7-11)17-16-15(19-10-20-17)14(21-23-16)12-2-4-13(18)5-3-12/h2-5,10-11H,6-9H2,1H3. The molecule has 0 N–H and O–H groups in total. The van der Waals surface area contributed by atoms with Crippen molar-refractivity contribution >= 4 is 39.2 Å². The molecule has 4 nitrogen and oxygen atoms in total. The Balaban J connectivity index is 1.76. The van der Waals surface area contributed by atoms with Gasteiger partial charge < -0.3 is 4.90 Å². The van der Waals surface area contributed by atoms with Crippen molar-refractivity contribution in [3.63, 3.8) is 0 Å². The maximum Gasteiger partial charge on any atom is 0.151 e. The summed E-state index contributed by atoms with van der Waals surface area (Å²) in [6.45, 7) is 4.43. The van der Waals surface area contributed by atoms with Crippen molar-refractivity contribution in [1.29, 1.82) is 0 Å². The first-order valence-corrected chi connectivity index (χ1v) is 8.99. The van der Waals surface area contributed by atoms with E-state index in [-0.39, 0.29) is 0 Å². The highest BCUT2D eigenvalue weighted by molar-refractivity contribution is 7.14. The molecule has 0 saturated carbocycles. The summed E-state index contributed by atoms with van der Waals surface area (Å²) in [5, 5.41) is 0.728. The van der Waals surface area contributed by atoms with E-state index in [9.17, 15) is 0 Å². The molecule has 3 aromatic rings. The Morgan fingerprint density at radius 3 is 2.61 bits per heavy atom. The molecule has 0 radical (unpaired) electrons. The summed E-state index contributed by atoms with van der Waals surface area (Å²) in [6, 6.07) is 7.74. The number of nitrogens with zero attached hydrogens (tertiary/aromatic N) is 4. The van der Waals surface area contributed by atoms with Crippen LogP contribution < -0.4 is 4.90 Å². The van der Waals surface area contributed by atoms with Crippen LogP contribution in [-0.2, 0) is 0 Å². The van der Waals surface area contributed by atoms with Crippen molar-refractivity contribution in [1.82, 2.24) is 14.3 Å². The number of piperidine rings is 1. The third-order valence-electron chi connectivity index (χ3n) is 4.44. The normalized spacial score (nSPS) is 16.2. The second kappa shape index (κ2) is 6.06. The molecule has 3 heterocycles. The van der Waals surface area contributed by atoms with Crippen LogP contribution in [0.2, 0.25) is 5.02 Å². The number of benzene rings is 1. The van der Waals surface area contributed by atoms with Gasteiger partial charge in [-0.25, -0.2) is 9.97 Å². The van der Waals surface area contributed by atoms with Gasteiger partial charge in [-0.3, -0.25) is 0 Å². The maximum atomic E-state index is 5.98. The summed E-state index contributed by atoms with van der Waals surface area (Å²) < 4.78 is 5.71. The molecule has 0 unspecified atom stereocenters. The largest absolute Gasteiger partial charge is 0.355 e. The van der Waals surface area contributed by atoms with Crippen LogP contribution >= 0.6 is 23.1 Å². The fourth-order valence-electron chi connectivity index (χ4n) is 2.99. The number of aromatic nitrogens is 3. The zero-order valence-electron chi connectivity index (χ0n) is 12.9. The van der Waals surface area contributed by atoms with E-state index in [0.29, 0.717) is 0 Å². The second-order valence-electron chi connectivity index (χ2n) is 6.08. The van der Waals surface area contributed by atoms with Crippen LogP contribution in [0.25, 0.3) is 21.5 Å². The van der Waals surface area contributed by atoms with Crippen molar-refractivity contribution in [3.05, 3.63) is 35.6 Å². The van der Waals surface area contributed by atoms with Crippen LogP contribution in [0.3, 0.4) is 0 Å². The van der Waals surface area contributed by atoms with Gasteiger partial charge in [0.15, 0.2) is 5.82 Å². The number of fused-ring (bicyclic) bond motifs is 1. The lowest BCUT2D eigenvalue weighted by Gasteiger charge is -2.31. The summed E-state index contributed by atoms with van der Waals surface area (Å²) in [4.78, 5) is 11.4. The molecular weight excluding hydrogens is 328 g/mol. The minimum absolute atomic E-state index is 0.728. The Morgan fingerprint density at radius 2 is 1.87 bits per heavy atom. The van der Waals surface area contributed by atoms with E-state index in [0.717, 1.165) is 51.3 Å². The SMILES string of the molecule is CC1CCN(c2ncnc3c(-c4ccc(Cl)cc4)nsc23)CC1. The molecule has 1 saturated heterocycles. The smallest absolute Gasteiger partial charge is 0.151 e. The highest BCUT2D eigenvalue weighted by Crippen LogP contribution is 2.35. The van der Waals surface area contributed by atoms with E-state index in [4.69, 9.17) is 11.6 Å². The Morgan fingerprint density at radius 1 is 1.13 bits per heavy atom. The monoisotopic (exact) mass is 344 g/mol. The Bertz CT molecular complexity index is 822. The number of halogens is 1. The summed E-state index contributed by atoms with van der Waals surface area (Å²) in [7, 11) is 0. The van der Waals surface area contributed by atoms with Gasteiger partial charge in [0.05, 0.1) is 0 Å². The fraction of sp³-hybridized carbons (Fsp3) is 0.353. The molecule has 6 heteroatoms. The number of hydrogen-bond acceptors (Lipinski definition) is 5. The molecule has 0 amide bonds. The molecule has 0 spiro atoms. The van der Waals surface area contributed by atoms with Crippen molar-refractivity contribution in [2.75, 3.05) is 18.0 Å². The topological polar surface area (TPSA) is 41.9 Å². The molecule has 4 rings (SSSR count). The van der Waals surface area contributed by atoms with E-state index < -0.39 is 0 Å². The predicted molar refractivity (Wildman–Crippen MR) is 96.3 cm³/mol. The van der Waals surface area contributed by atoms with Gasteiger partial charge in [0, 0.05) is 23.7 Å². The highest BCUT2D eigenvalue weighted by Gasteiger charge is 2.21. The Hall–Kier alpha value is -1.72. The zero-order chi connectivity index (χ0) is 15.8. The van der Waals surface area contributed by atoms with E-state index in [2.05, 4.69) is 26.2 Å². The lowest BCUT2D eigenvalue weighted by Crippen LogP contribution is -2.33. The third kappa shape index (κ3) is 2.79. The summed E-state index contributed by atoms with van der Waals surface area (Å²) in [5.41, 5.74) is 2.88. The summed E-state index contributed by atoms with van der Waals surface area (Å²) in [5.74, 6) is 1.83. The van der Waals surface area contributed by atoms with Crippen LogP contribution in [0.4, 0.5) is 5.82 Å². The van der Waals surface area contributed by atoms with Crippen LogP contribution in [-0.4, -0.2) is 27.4 Å². The number of hydrogen-bond donors (Lipinski definition) is 0. The minimum Gasteiger partial charge on any atom is -0.355 e. The fourth-order valence-corrected chi connectivity index (χ4v) is 3.99. The highest BCUT2D eigenvalue weighted by atomic mass is 35.5. The molecule has 118 valence electrons. The van der Waals surface area contributed by atoms with Crippen LogP contribution in [0.15, 0.2) is 30.6 Å². The van der Waals surface area contributed by atoms with Gasteiger partial charge in [-0.2, -0.15) is 4.37 Å². The molecule has 0 bridgehead atoms. The predicted octanol–water partition coefficient (Wildman–Crippen LogP) is 4.64. The lowest BCUT2D eigenvalue weighted by molar-refractivity contribution is 0.437. The molecule has 1 aliphatic rings. The first-order valence-electron chi connectivity index (χ1n) is 7.83. The molecule has 23 heavy (non-hydrogen) atoms. The lowest BCUT2D eigenvalue weighted by atomic mass is 9.99. The van der Waals surface area contributed by atoms with E-state index in [1.54, 1.807) is 6.33 Å². The first kappa shape index (κ1) is 14.8. The van der Waals surface area contributed by atoms with E-state index in [1.165, 1.54) is 24.4 Å². The molecule has 0 aliphatic carbocycles. The molecule has 2 aromatic heterocycles. The summed E-state index contributed by atoms with van der Waals surface area (Å²) in [6.07, 6.45) is 4.09. The van der Waals surface area contributed by atoms with E-state index >= 15 is 0 Å². The molecule has 1 fully saturated rings. The van der Waals surface area contributed by atoms with Gasteiger partial charge in [0.25, 0.3) is 0 Å². The average molecular weight is 345 g/mol. The molecule has 1 aliphatic heterocycles.